The first-order chi connectivity index (χ1) is 9.46. The average molecular weight is 309 g/mol. The third-order valence-electron chi connectivity index (χ3n) is 3.60. The molecule has 104 valence electrons. The van der Waals surface area contributed by atoms with Crippen LogP contribution >= 0.6 is 23.2 Å². The number of alkyl halides is 2. The van der Waals surface area contributed by atoms with E-state index in [-0.39, 0.29) is 0 Å². The highest BCUT2D eigenvalue weighted by atomic mass is 35.5. The van der Waals surface area contributed by atoms with E-state index in [1.807, 2.05) is 62.4 Å². The SMILES string of the molecule is Cc1ccc(C2(c3ccc(C)cc3)OOC2(Cl)Cl)cc1. The Balaban J connectivity index is 2.15. The minimum absolute atomic E-state index is 0.864. The van der Waals surface area contributed by atoms with Gasteiger partial charge >= 0.3 is 0 Å². The number of benzene rings is 2. The molecule has 1 heterocycles. The van der Waals surface area contributed by atoms with Gasteiger partial charge in [-0.25, -0.2) is 4.89 Å². The summed E-state index contributed by atoms with van der Waals surface area (Å²) in [6, 6.07) is 15.8. The Kier molecular flexibility index (Phi) is 3.30. The Hall–Kier alpha value is -1.06. The van der Waals surface area contributed by atoms with Gasteiger partial charge in [-0.2, -0.15) is 4.89 Å². The second-order valence-corrected chi connectivity index (χ2v) is 6.35. The minimum atomic E-state index is -1.45. The summed E-state index contributed by atoms with van der Waals surface area (Å²) in [4.78, 5) is 10.4. The van der Waals surface area contributed by atoms with Gasteiger partial charge in [0.25, 0.3) is 4.52 Å². The summed E-state index contributed by atoms with van der Waals surface area (Å²) >= 11 is 12.6. The molecule has 0 saturated carbocycles. The van der Waals surface area contributed by atoms with Crippen LogP contribution in [0.2, 0.25) is 0 Å². The zero-order chi connectivity index (χ0) is 14.4. The fourth-order valence-electron chi connectivity index (χ4n) is 2.36. The van der Waals surface area contributed by atoms with Crippen LogP contribution in [0.4, 0.5) is 0 Å². The highest BCUT2D eigenvalue weighted by Crippen LogP contribution is 2.57. The van der Waals surface area contributed by atoms with E-state index in [1.165, 1.54) is 0 Å². The third kappa shape index (κ3) is 1.95. The maximum absolute atomic E-state index is 6.29. The standard InChI is InChI=1S/C16H14Cl2O2/c1-11-3-7-13(8-4-11)15(16(17,18)20-19-15)14-9-5-12(2)6-10-14/h3-10H,1-2H3. The lowest BCUT2D eigenvalue weighted by molar-refractivity contribution is -0.499. The Morgan fingerprint density at radius 1 is 0.700 bits per heavy atom. The molecule has 1 saturated heterocycles. The fraction of sp³-hybridized carbons (Fsp3) is 0.250. The number of hydrogen-bond acceptors (Lipinski definition) is 2. The maximum Gasteiger partial charge on any atom is 0.290 e. The van der Waals surface area contributed by atoms with Crippen LogP contribution in [0.5, 0.6) is 0 Å². The highest BCUT2D eigenvalue weighted by Gasteiger charge is 2.65. The molecule has 2 nitrogen and oxygen atoms in total. The molecule has 2 aromatic carbocycles. The summed E-state index contributed by atoms with van der Waals surface area (Å²) in [5.41, 5.74) is 3.04. The van der Waals surface area contributed by atoms with Crippen LogP contribution in [0.1, 0.15) is 22.3 Å². The van der Waals surface area contributed by atoms with Gasteiger partial charge in [0.15, 0.2) is 0 Å². The van der Waals surface area contributed by atoms with Crippen molar-refractivity contribution < 1.29 is 9.78 Å². The van der Waals surface area contributed by atoms with Gasteiger partial charge in [-0.1, -0.05) is 82.9 Å². The first-order valence-corrected chi connectivity index (χ1v) is 7.10. The summed E-state index contributed by atoms with van der Waals surface area (Å²) in [5.74, 6) is 0. The van der Waals surface area contributed by atoms with Crippen molar-refractivity contribution in [3.63, 3.8) is 0 Å². The molecule has 2 aromatic rings. The maximum atomic E-state index is 6.29. The van der Waals surface area contributed by atoms with E-state index in [4.69, 9.17) is 33.0 Å². The number of rotatable bonds is 2. The van der Waals surface area contributed by atoms with Crippen LogP contribution in [0, 0.1) is 13.8 Å². The third-order valence-corrected chi connectivity index (χ3v) is 4.26. The number of halogens is 2. The molecule has 1 aliphatic rings. The van der Waals surface area contributed by atoms with Crippen molar-refractivity contribution in [2.75, 3.05) is 0 Å². The predicted molar refractivity (Wildman–Crippen MR) is 79.7 cm³/mol. The van der Waals surface area contributed by atoms with Gasteiger partial charge in [0.2, 0.25) is 5.60 Å². The molecule has 0 amide bonds. The fourth-order valence-corrected chi connectivity index (χ4v) is 2.93. The molecule has 0 aromatic heterocycles. The molecule has 4 heteroatoms. The van der Waals surface area contributed by atoms with Crippen molar-refractivity contribution in [2.45, 2.75) is 24.0 Å². The topological polar surface area (TPSA) is 18.5 Å². The van der Waals surface area contributed by atoms with Crippen molar-refractivity contribution in [3.8, 4) is 0 Å². The zero-order valence-corrected chi connectivity index (χ0v) is 12.7. The quantitative estimate of drug-likeness (QED) is 0.594. The Morgan fingerprint density at radius 3 is 1.35 bits per heavy atom. The summed E-state index contributed by atoms with van der Waals surface area (Å²) in [7, 11) is 0. The van der Waals surface area contributed by atoms with Crippen LogP contribution in [0.3, 0.4) is 0 Å². The summed E-state index contributed by atoms with van der Waals surface area (Å²) < 4.78 is -1.45. The molecular weight excluding hydrogens is 295 g/mol. The average Bonchev–Trinajstić information content (AvgIpc) is 2.42. The van der Waals surface area contributed by atoms with Crippen LogP contribution in [-0.2, 0) is 15.4 Å². The molecule has 20 heavy (non-hydrogen) atoms. The smallest absolute Gasteiger partial charge is 0.211 e. The Bertz CT molecular complexity index is 572. The minimum Gasteiger partial charge on any atom is -0.211 e. The number of aryl methyl sites for hydroxylation is 2. The molecule has 0 spiro atoms. The molecule has 0 unspecified atom stereocenters. The van der Waals surface area contributed by atoms with E-state index in [1.54, 1.807) is 0 Å². The Morgan fingerprint density at radius 2 is 1.10 bits per heavy atom. The molecule has 0 bridgehead atoms. The summed E-state index contributed by atoms with van der Waals surface area (Å²) in [5, 5.41) is 0. The van der Waals surface area contributed by atoms with E-state index >= 15 is 0 Å². The molecule has 1 fully saturated rings. The van der Waals surface area contributed by atoms with Gasteiger partial charge in [-0.3, -0.25) is 0 Å². The van der Waals surface area contributed by atoms with E-state index in [0.29, 0.717) is 0 Å². The molecule has 0 atom stereocenters. The normalized spacial score (nSPS) is 19.4. The van der Waals surface area contributed by atoms with Crippen LogP contribution < -0.4 is 0 Å². The van der Waals surface area contributed by atoms with E-state index in [0.717, 1.165) is 22.3 Å². The molecular formula is C16H14Cl2O2. The van der Waals surface area contributed by atoms with Gasteiger partial charge < -0.3 is 0 Å². The molecule has 0 aliphatic carbocycles. The highest BCUT2D eigenvalue weighted by molar-refractivity contribution is 6.48. The second-order valence-electron chi connectivity index (χ2n) is 5.10. The number of hydrogen-bond donors (Lipinski definition) is 0. The van der Waals surface area contributed by atoms with Crippen molar-refractivity contribution in [3.05, 3.63) is 70.8 Å². The lowest BCUT2D eigenvalue weighted by atomic mass is 9.84. The van der Waals surface area contributed by atoms with E-state index in [2.05, 4.69) is 0 Å². The van der Waals surface area contributed by atoms with Gasteiger partial charge in [0.1, 0.15) is 0 Å². The first-order valence-electron chi connectivity index (χ1n) is 6.35. The van der Waals surface area contributed by atoms with Crippen molar-refractivity contribution in [1.82, 2.24) is 0 Å². The van der Waals surface area contributed by atoms with Gasteiger partial charge in [-0.05, 0) is 25.0 Å². The van der Waals surface area contributed by atoms with Crippen molar-refractivity contribution in [1.29, 1.82) is 0 Å². The van der Waals surface area contributed by atoms with Crippen LogP contribution in [-0.4, -0.2) is 4.52 Å². The van der Waals surface area contributed by atoms with Crippen molar-refractivity contribution >= 4 is 23.2 Å². The van der Waals surface area contributed by atoms with Gasteiger partial charge in [0.05, 0.1) is 0 Å². The lowest BCUT2D eigenvalue weighted by Crippen LogP contribution is -2.58. The van der Waals surface area contributed by atoms with Crippen LogP contribution in [0.25, 0.3) is 0 Å². The van der Waals surface area contributed by atoms with Crippen molar-refractivity contribution in [2.24, 2.45) is 0 Å². The van der Waals surface area contributed by atoms with Gasteiger partial charge in [0, 0.05) is 0 Å². The largest absolute Gasteiger partial charge is 0.290 e. The predicted octanol–water partition coefficient (Wildman–Crippen LogP) is 4.64. The molecule has 0 radical (unpaired) electrons. The molecule has 1 aliphatic heterocycles. The second kappa shape index (κ2) is 4.74. The van der Waals surface area contributed by atoms with E-state index < -0.39 is 10.1 Å². The monoisotopic (exact) mass is 308 g/mol. The molecule has 3 rings (SSSR count). The summed E-state index contributed by atoms with van der Waals surface area (Å²) in [6.07, 6.45) is 0. The summed E-state index contributed by atoms with van der Waals surface area (Å²) in [6.45, 7) is 4.05. The van der Waals surface area contributed by atoms with Crippen LogP contribution in [0.15, 0.2) is 48.5 Å². The van der Waals surface area contributed by atoms with Gasteiger partial charge in [-0.15, -0.1) is 0 Å². The zero-order valence-electron chi connectivity index (χ0n) is 11.2. The first kappa shape index (κ1) is 13.9. The Labute approximate surface area is 128 Å². The lowest BCUT2D eigenvalue weighted by Gasteiger charge is -2.49. The molecule has 0 N–H and O–H groups in total. The van der Waals surface area contributed by atoms with E-state index in [9.17, 15) is 0 Å².